The maximum absolute atomic E-state index is 11.7. The SMILES string of the molecule is Cc1cc(=O)c2c(C)cc(OS(=O)(=O)O)cc2o1. The van der Waals surface area contributed by atoms with Gasteiger partial charge in [0.2, 0.25) is 0 Å². The van der Waals surface area contributed by atoms with Gasteiger partial charge in [-0.25, -0.2) is 0 Å². The van der Waals surface area contributed by atoms with Gasteiger partial charge in [-0.1, -0.05) is 0 Å². The standard InChI is InChI=1S/C11H10O6S/c1-6-3-8(17-18(13,14)15)5-10-11(6)9(12)4-7(2)16-10/h3-5H,1-2H3,(H,13,14,15). The van der Waals surface area contributed by atoms with Crippen molar-refractivity contribution >= 4 is 21.4 Å². The van der Waals surface area contributed by atoms with Crippen molar-refractivity contribution in [3.05, 3.63) is 39.7 Å². The summed E-state index contributed by atoms with van der Waals surface area (Å²) < 4.78 is 39.5. The van der Waals surface area contributed by atoms with E-state index in [-0.39, 0.29) is 16.8 Å². The Balaban J connectivity index is 2.73. The van der Waals surface area contributed by atoms with Crippen LogP contribution in [0, 0.1) is 13.8 Å². The molecule has 2 aromatic rings. The first-order valence-electron chi connectivity index (χ1n) is 4.98. The lowest BCUT2D eigenvalue weighted by atomic mass is 10.1. The van der Waals surface area contributed by atoms with Crippen LogP contribution in [-0.2, 0) is 10.4 Å². The van der Waals surface area contributed by atoms with E-state index in [1.54, 1.807) is 13.8 Å². The quantitative estimate of drug-likeness (QED) is 0.833. The Kier molecular flexibility index (Phi) is 2.88. The highest BCUT2D eigenvalue weighted by molar-refractivity contribution is 7.81. The zero-order valence-electron chi connectivity index (χ0n) is 9.63. The summed E-state index contributed by atoms with van der Waals surface area (Å²) in [5, 5.41) is 0.350. The Morgan fingerprint density at radius 3 is 2.50 bits per heavy atom. The number of hydrogen-bond acceptors (Lipinski definition) is 5. The van der Waals surface area contributed by atoms with E-state index in [1.165, 1.54) is 18.2 Å². The summed E-state index contributed by atoms with van der Waals surface area (Å²) >= 11 is 0. The summed E-state index contributed by atoms with van der Waals surface area (Å²) in [5.74, 6) is 0.284. The van der Waals surface area contributed by atoms with E-state index < -0.39 is 10.4 Å². The molecule has 0 fully saturated rings. The van der Waals surface area contributed by atoms with Crippen LogP contribution in [0.2, 0.25) is 0 Å². The fourth-order valence-corrected chi connectivity index (χ4v) is 2.09. The van der Waals surface area contributed by atoms with Gasteiger partial charge in [0.15, 0.2) is 5.43 Å². The van der Waals surface area contributed by atoms with E-state index in [9.17, 15) is 13.2 Å². The maximum atomic E-state index is 11.7. The molecule has 0 bridgehead atoms. The summed E-state index contributed by atoms with van der Waals surface area (Å²) in [6, 6.07) is 3.92. The van der Waals surface area contributed by atoms with Gasteiger partial charge in [0.1, 0.15) is 17.1 Å². The van der Waals surface area contributed by atoms with Gasteiger partial charge in [-0.15, -0.1) is 0 Å². The molecule has 2 rings (SSSR count). The van der Waals surface area contributed by atoms with Crippen LogP contribution in [0.3, 0.4) is 0 Å². The van der Waals surface area contributed by atoms with Crippen LogP contribution in [0.5, 0.6) is 5.75 Å². The molecule has 0 aliphatic carbocycles. The van der Waals surface area contributed by atoms with E-state index in [4.69, 9.17) is 8.97 Å². The van der Waals surface area contributed by atoms with Gasteiger partial charge in [-0.05, 0) is 25.5 Å². The molecule has 96 valence electrons. The molecule has 18 heavy (non-hydrogen) atoms. The smallest absolute Gasteiger partial charge is 0.446 e. The second-order valence-electron chi connectivity index (χ2n) is 3.85. The minimum absolute atomic E-state index is 0.115. The van der Waals surface area contributed by atoms with Crippen LogP contribution in [0.1, 0.15) is 11.3 Å². The lowest BCUT2D eigenvalue weighted by molar-refractivity contribution is 0.386. The summed E-state index contributed by atoms with van der Waals surface area (Å²) in [7, 11) is -4.60. The third-order valence-corrected chi connectivity index (χ3v) is 2.73. The van der Waals surface area contributed by atoms with Gasteiger partial charge in [-0.3, -0.25) is 9.35 Å². The van der Waals surface area contributed by atoms with Crippen molar-refractivity contribution in [2.45, 2.75) is 13.8 Å². The van der Waals surface area contributed by atoms with Crippen LogP contribution in [0.4, 0.5) is 0 Å². The third-order valence-electron chi connectivity index (χ3n) is 2.33. The van der Waals surface area contributed by atoms with Crippen molar-refractivity contribution in [1.29, 1.82) is 0 Å². The molecule has 0 saturated heterocycles. The van der Waals surface area contributed by atoms with Gasteiger partial charge in [0, 0.05) is 12.1 Å². The molecule has 1 aromatic carbocycles. The van der Waals surface area contributed by atoms with Gasteiger partial charge >= 0.3 is 10.4 Å². The zero-order chi connectivity index (χ0) is 13.5. The topological polar surface area (TPSA) is 93.8 Å². The molecule has 1 heterocycles. The predicted molar refractivity (Wildman–Crippen MR) is 64.1 cm³/mol. The molecular weight excluding hydrogens is 260 g/mol. The summed E-state index contributed by atoms with van der Waals surface area (Å²) in [6.45, 7) is 3.22. The number of fused-ring (bicyclic) bond motifs is 1. The monoisotopic (exact) mass is 270 g/mol. The highest BCUT2D eigenvalue weighted by atomic mass is 32.3. The second-order valence-corrected chi connectivity index (χ2v) is 4.87. The average molecular weight is 270 g/mol. The van der Waals surface area contributed by atoms with Gasteiger partial charge in [-0.2, -0.15) is 8.42 Å². The Morgan fingerprint density at radius 2 is 1.89 bits per heavy atom. The molecular formula is C11H10O6S. The first kappa shape index (κ1) is 12.6. The number of hydrogen-bond donors (Lipinski definition) is 1. The molecule has 0 aliphatic heterocycles. The molecule has 1 aromatic heterocycles. The predicted octanol–water partition coefficient (Wildman–Crippen LogP) is 1.59. The van der Waals surface area contributed by atoms with E-state index in [2.05, 4.69) is 4.18 Å². The fraction of sp³-hybridized carbons (Fsp3) is 0.182. The van der Waals surface area contributed by atoms with Gasteiger partial charge < -0.3 is 8.60 Å². The highest BCUT2D eigenvalue weighted by Gasteiger charge is 2.12. The van der Waals surface area contributed by atoms with E-state index in [0.29, 0.717) is 16.7 Å². The van der Waals surface area contributed by atoms with Crippen LogP contribution in [0.15, 0.2) is 27.4 Å². The van der Waals surface area contributed by atoms with Gasteiger partial charge in [0.05, 0.1) is 5.39 Å². The Labute approximate surface area is 103 Å². The third kappa shape index (κ3) is 2.52. The molecule has 1 N–H and O–H groups in total. The van der Waals surface area contributed by atoms with Crippen molar-refractivity contribution < 1.29 is 21.6 Å². The summed E-state index contributed by atoms with van der Waals surface area (Å²) in [6.07, 6.45) is 0. The number of aryl methyl sites for hydroxylation is 2. The van der Waals surface area contributed by atoms with Crippen LogP contribution >= 0.6 is 0 Å². The van der Waals surface area contributed by atoms with Crippen molar-refractivity contribution in [2.75, 3.05) is 0 Å². The summed E-state index contributed by atoms with van der Waals surface area (Å²) in [5.41, 5.74) is 0.489. The Morgan fingerprint density at radius 1 is 1.22 bits per heavy atom. The maximum Gasteiger partial charge on any atom is 0.446 e. The van der Waals surface area contributed by atoms with Crippen molar-refractivity contribution in [1.82, 2.24) is 0 Å². The van der Waals surface area contributed by atoms with Crippen molar-refractivity contribution in [3.63, 3.8) is 0 Å². The molecule has 0 spiro atoms. The fourth-order valence-electron chi connectivity index (χ4n) is 1.75. The molecule has 0 unspecified atom stereocenters. The first-order chi connectivity index (χ1) is 8.26. The minimum Gasteiger partial charge on any atom is -0.461 e. The summed E-state index contributed by atoms with van der Waals surface area (Å²) in [4.78, 5) is 11.7. The van der Waals surface area contributed by atoms with Gasteiger partial charge in [0.25, 0.3) is 0 Å². The molecule has 0 amide bonds. The zero-order valence-corrected chi connectivity index (χ0v) is 10.4. The first-order valence-corrected chi connectivity index (χ1v) is 6.35. The van der Waals surface area contributed by atoms with E-state index in [1.807, 2.05) is 0 Å². The molecule has 0 atom stereocenters. The average Bonchev–Trinajstić information content (AvgIpc) is 2.11. The molecule has 7 heteroatoms. The largest absolute Gasteiger partial charge is 0.461 e. The van der Waals surface area contributed by atoms with Crippen LogP contribution in [0.25, 0.3) is 11.0 Å². The molecule has 0 radical (unpaired) electrons. The molecule has 0 saturated carbocycles. The number of benzene rings is 1. The lowest BCUT2D eigenvalue weighted by Gasteiger charge is -2.06. The van der Waals surface area contributed by atoms with E-state index >= 15 is 0 Å². The van der Waals surface area contributed by atoms with Crippen molar-refractivity contribution in [3.8, 4) is 5.75 Å². The van der Waals surface area contributed by atoms with E-state index in [0.717, 1.165) is 0 Å². The second kappa shape index (κ2) is 4.11. The molecule has 6 nitrogen and oxygen atoms in total. The number of rotatable bonds is 2. The highest BCUT2D eigenvalue weighted by Crippen LogP contribution is 2.24. The Hall–Kier alpha value is -1.86. The lowest BCUT2D eigenvalue weighted by Crippen LogP contribution is -2.08. The minimum atomic E-state index is -4.60. The van der Waals surface area contributed by atoms with Crippen LogP contribution in [-0.4, -0.2) is 13.0 Å². The molecule has 0 aliphatic rings. The van der Waals surface area contributed by atoms with Crippen molar-refractivity contribution in [2.24, 2.45) is 0 Å². The van der Waals surface area contributed by atoms with Crippen LogP contribution < -0.4 is 9.61 Å². The Bertz CT molecular complexity index is 772. The normalized spacial score (nSPS) is 11.7.